The Hall–Kier alpha value is -0.810. The predicted molar refractivity (Wildman–Crippen MR) is 72.5 cm³/mol. The molecule has 0 fully saturated rings. The Labute approximate surface area is 113 Å². The maximum atomic E-state index is 6.09. The number of nitrogens with zero attached hydrogens (tertiary/aromatic N) is 2. The van der Waals surface area contributed by atoms with E-state index >= 15 is 0 Å². The average molecular weight is 292 g/mol. The standard InChI is InChI=1S/C10H9Cl3N4/c11-4-1-5(8(13)6(12)2-4)9-10(15)17-7(14)3-16-9/h1-2,7H,3,14H2,(H2,15,17). The van der Waals surface area contributed by atoms with Gasteiger partial charge in [-0.3, -0.25) is 4.99 Å². The van der Waals surface area contributed by atoms with Crippen molar-refractivity contribution in [1.82, 2.24) is 0 Å². The third-order valence-electron chi connectivity index (χ3n) is 2.23. The summed E-state index contributed by atoms with van der Waals surface area (Å²) >= 11 is 17.9. The van der Waals surface area contributed by atoms with Crippen molar-refractivity contribution in [3.8, 4) is 0 Å². The third kappa shape index (κ3) is 2.55. The van der Waals surface area contributed by atoms with E-state index in [-0.39, 0.29) is 5.84 Å². The van der Waals surface area contributed by atoms with Crippen molar-refractivity contribution in [1.29, 1.82) is 0 Å². The highest BCUT2D eigenvalue weighted by Gasteiger charge is 2.19. The Balaban J connectivity index is 2.52. The summed E-state index contributed by atoms with van der Waals surface area (Å²) in [6.07, 6.45) is -0.410. The molecule has 0 bridgehead atoms. The van der Waals surface area contributed by atoms with Crippen LogP contribution in [0, 0.1) is 0 Å². The summed E-state index contributed by atoms with van der Waals surface area (Å²) in [7, 11) is 0. The summed E-state index contributed by atoms with van der Waals surface area (Å²) in [5.41, 5.74) is 12.4. The number of aliphatic imine (C=N–C) groups is 2. The van der Waals surface area contributed by atoms with E-state index in [2.05, 4.69) is 9.98 Å². The molecule has 0 saturated heterocycles. The molecule has 1 heterocycles. The smallest absolute Gasteiger partial charge is 0.146 e. The van der Waals surface area contributed by atoms with Crippen LogP contribution in [0.3, 0.4) is 0 Å². The van der Waals surface area contributed by atoms with Gasteiger partial charge in [-0.05, 0) is 12.1 Å². The molecule has 4 nitrogen and oxygen atoms in total. The Morgan fingerprint density at radius 3 is 2.59 bits per heavy atom. The zero-order chi connectivity index (χ0) is 12.6. The number of benzene rings is 1. The average Bonchev–Trinajstić information content (AvgIpc) is 2.24. The van der Waals surface area contributed by atoms with Crippen molar-refractivity contribution in [2.45, 2.75) is 6.17 Å². The lowest BCUT2D eigenvalue weighted by Crippen LogP contribution is -2.36. The second-order valence-electron chi connectivity index (χ2n) is 3.52. The van der Waals surface area contributed by atoms with E-state index < -0.39 is 6.17 Å². The Morgan fingerprint density at radius 1 is 1.24 bits per heavy atom. The van der Waals surface area contributed by atoms with Gasteiger partial charge in [0, 0.05) is 10.6 Å². The summed E-state index contributed by atoms with van der Waals surface area (Å²) in [6, 6.07) is 3.20. The van der Waals surface area contributed by atoms with Crippen LogP contribution in [-0.2, 0) is 0 Å². The second kappa shape index (κ2) is 4.82. The molecule has 7 heteroatoms. The Kier molecular flexibility index (Phi) is 3.58. The van der Waals surface area contributed by atoms with Crippen LogP contribution in [-0.4, -0.2) is 24.3 Å². The summed E-state index contributed by atoms with van der Waals surface area (Å²) in [6.45, 7) is 0.358. The minimum atomic E-state index is -0.410. The zero-order valence-electron chi connectivity index (χ0n) is 8.62. The van der Waals surface area contributed by atoms with E-state index in [1.807, 2.05) is 0 Å². The molecule has 0 aliphatic carbocycles. The molecule has 1 aliphatic heterocycles. The van der Waals surface area contributed by atoms with Crippen LogP contribution >= 0.6 is 34.8 Å². The van der Waals surface area contributed by atoms with Crippen molar-refractivity contribution in [3.63, 3.8) is 0 Å². The predicted octanol–water partition coefficient (Wildman–Crippen LogP) is 2.09. The SMILES string of the molecule is NC1=NC(N)CN=C1c1cc(Cl)cc(Cl)c1Cl. The lowest BCUT2D eigenvalue weighted by Gasteiger charge is -2.16. The van der Waals surface area contributed by atoms with Crippen LogP contribution in [0.5, 0.6) is 0 Å². The maximum Gasteiger partial charge on any atom is 0.146 e. The Bertz CT molecular complexity index is 525. The molecule has 1 atom stereocenters. The fraction of sp³-hybridized carbons (Fsp3) is 0.200. The summed E-state index contributed by atoms with van der Waals surface area (Å²) < 4.78 is 0. The van der Waals surface area contributed by atoms with E-state index in [9.17, 15) is 0 Å². The molecule has 0 saturated carbocycles. The van der Waals surface area contributed by atoms with Crippen LogP contribution in [0.15, 0.2) is 22.1 Å². The fourth-order valence-corrected chi connectivity index (χ4v) is 2.19. The van der Waals surface area contributed by atoms with Crippen LogP contribution in [0.2, 0.25) is 15.1 Å². The number of halogens is 3. The van der Waals surface area contributed by atoms with Crippen molar-refractivity contribution < 1.29 is 0 Å². The summed E-state index contributed by atoms with van der Waals surface area (Å²) in [5, 5.41) is 1.16. The van der Waals surface area contributed by atoms with E-state index in [0.29, 0.717) is 32.9 Å². The lowest BCUT2D eigenvalue weighted by atomic mass is 10.1. The first-order valence-electron chi connectivity index (χ1n) is 4.77. The molecule has 1 aliphatic rings. The molecular weight excluding hydrogens is 282 g/mol. The first-order chi connectivity index (χ1) is 7.99. The van der Waals surface area contributed by atoms with E-state index in [4.69, 9.17) is 46.3 Å². The van der Waals surface area contributed by atoms with E-state index in [0.717, 1.165) is 0 Å². The number of hydrogen-bond donors (Lipinski definition) is 2. The van der Waals surface area contributed by atoms with Crippen LogP contribution < -0.4 is 11.5 Å². The molecule has 0 aromatic heterocycles. The molecule has 90 valence electrons. The van der Waals surface area contributed by atoms with Gasteiger partial charge in [0.15, 0.2) is 0 Å². The highest BCUT2D eigenvalue weighted by molar-refractivity contribution is 6.53. The van der Waals surface area contributed by atoms with Crippen LogP contribution in [0.1, 0.15) is 5.56 Å². The summed E-state index contributed by atoms with van der Waals surface area (Å²) in [4.78, 5) is 8.28. The first kappa shape index (κ1) is 12.6. The van der Waals surface area contributed by atoms with Gasteiger partial charge in [0.05, 0.1) is 16.6 Å². The second-order valence-corrected chi connectivity index (χ2v) is 4.74. The van der Waals surface area contributed by atoms with Crippen LogP contribution in [0.25, 0.3) is 0 Å². The monoisotopic (exact) mass is 290 g/mol. The minimum absolute atomic E-state index is 0.240. The van der Waals surface area contributed by atoms with E-state index in [1.54, 1.807) is 12.1 Å². The molecule has 1 unspecified atom stereocenters. The summed E-state index contributed by atoms with van der Waals surface area (Å²) in [5.74, 6) is 0.240. The van der Waals surface area contributed by atoms with Crippen molar-refractivity contribution >= 4 is 46.4 Å². The van der Waals surface area contributed by atoms with Gasteiger partial charge in [0.2, 0.25) is 0 Å². The van der Waals surface area contributed by atoms with Crippen LogP contribution in [0.4, 0.5) is 0 Å². The van der Waals surface area contributed by atoms with Gasteiger partial charge < -0.3 is 11.5 Å². The number of nitrogens with two attached hydrogens (primary N) is 2. The first-order valence-corrected chi connectivity index (χ1v) is 5.91. The molecular formula is C10H9Cl3N4. The molecule has 0 radical (unpaired) electrons. The highest BCUT2D eigenvalue weighted by atomic mass is 35.5. The molecule has 0 spiro atoms. The lowest BCUT2D eigenvalue weighted by molar-refractivity contribution is 0.714. The van der Waals surface area contributed by atoms with Gasteiger partial charge in [0.25, 0.3) is 0 Å². The van der Waals surface area contributed by atoms with Crippen molar-refractivity contribution in [2.75, 3.05) is 6.54 Å². The molecule has 4 N–H and O–H groups in total. The third-order valence-corrected chi connectivity index (χ3v) is 3.25. The Morgan fingerprint density at radius 2 is 1.94 bits per heavy atom. The van der Waals surface area contributed by atoms with Gasteiger partial charge in [-0.25, -0.2) is 4.99 Å². The van der Waals surface area contributed by atoms with Gasteiger partial charge in [-0.1, -0.05) is 34.8 Å². The highest BCUT2D eigenvalue weighted by Crippen LogP contribution is 2.30. The molecule has 17 heavy (non-hydrogen) atoms. The molecule has 2 rings (SSSR count). The van der Waals surface area contributed by atoms with Gasteiger partial charge in [-0.2, -0.15) is 0 Å². The van der Waals surface area contributed by atoms with Crippen molar-refractivity contribution in [2.24, 2.45) is 21.5 Å². The van der Waals surface area contributed by atoms with Gasteiger partial charge >= 0.3 is 0 Å². The minimum Gasteiger partial charge on any atom is -0.382 e. The van der Waals surface area contributed by atoms with Gasteiger partial charge in [0.1, 0.15) is 17.7 Å². The van der Waals surface area contributed by atoms with Gasteiger partial charge in [-0.15, -0.1) is 0 Å². The largest absolute Gasteiger partial charge is 0.382 e. The number of rotatable bonds is 1. The topological polar surface area (TPSA) is 76.8 Å². The normalized spacial score (nSPS) is 19.9. The fourth-order valence-electron chi connectivity index (χ4n) is 1.50. The van der Waals surface area contributed by atoms with E-state index in [1.165, 1.54) is 0 Å². The van der Waals surface area contributed by atoms with Crippen molar-refractivity contribution in [3.05, 3.63) is 32.8 Å². The molecule has 0 amide bonds. The maximum absolute atomic E-state index is 6.09. The zero-order valence-corrected chi connectivity index (χ0v) is 10.9. The quantitative estimate of drug-likeness (QED) is 0.777. The number of amidine groups is 1. The molecule has 1 aromatic carbocycles. The molecule has 1 aromatic rings. The number of hydrogen-bond acceptors (Lipinski definition) is 4.